The lowest BCUT2D eigenvalue weighted by molar-refractivity contribution is 0.103. The van der Waals surface area contributed by atoms with E-state index in [0.717, 1.165) is 29.0 Å². The zero-order chi connectivity index (χ0) is 19.2. The van der Waals surface area contributed by atoms with E-state index in [1.165, 1.54) is 11.1 Å². The fraction of sp³-hybridized carbons (Fsp3) is 0.0385. The number of para-hydroxylation sites is 2. The van der Waals surface area contributed by atoms with Gasteiger partial charge in [0, 0.05) is 17.5 Å². The molecule has 0 spiro atoms. The summed E-state index contributed by atoms with van der Waals surface area (Å²) in [5, 5.41) is 0. The van der Waals surface area contributed by atoms with Gasteiger partial charge in [0.15, 0.2) is 5.78 Å². The highest BCUT2D eigenvalue weighted by atomic mass is 16.5. The van der Waals surface area contributed by atoms with Gasteiger partial charge in [-0.25, -0.2) is 0 Å². The molecule has 0 saturated heterocycles. The van der Waals surface area contributed by atoms with Gasteiger partial charge in [0.25, 0.3) is 0 Å². The fourth-order valence-corrected chi connectivity index (χ4v) is 3.17. The first-order valence-electron chi connectivity index (χ1n) is 9.30. The first-order chi connectivity index (χ1) is 13.8. The number of hydrogen-bond donors (Lipinski definition) is 0. The summed E-state index contributed by atoms with van der Waals surface area (Å²) in [4.78, 5) is 11.8. The van der Waals surface area contributed by atoms with E-state index < -0.39 is 0 Å². The Morgan fingerprint density at radius 2 is 0.929 bits per heavy atom. The molecule has 2 heteroatoms. The number of ketones is 1. The Hall–Kier alpha value is -3.65. The fourth-order valence-electron chi connectivity index (χ4n) is 3.17. The predicted octanol–water partition coefficient (Wildman–Crippen LogP) is 6.30. The first kappa shape index (κ1) is 17.7. The second-order valence-corrected chi connectivity index (χ2v) is 6.56. The van der Waals surface area contributed by atoms with Gasteiger partial charge in [0.05, 0.1) is 0 Å². The van der Waals surface area contributed by atoms with E-state index in [2.05, 4.69) is 24.3 Å². The van der Waals surface area contributed by atoms with Crippen molar-refractivity contribution in [3.8, 4) is 11.5 Å². The van der Waals surface area contributed by atoms with Crippen LogP contribution in [-0.4, -0.2) is 5.78 Å². The van der Waals surface area contributed by atoms with Crippen molar-refractivity contribution in [1.29, 1.82) is 0 Å². The Morgan fingerprint density at radius 3 is 1.39 bits per heavy atom. The van der Waals surface area contributed by atoms with Gasteiger partial charge in [-0.1, -0.05) is 97.1 Å². The van der Waals surface area contributed by atoms with Crippen molar-refractivity contribution in [1.82, 2.24) is 0 Å². The molecule has 136 valence electrons. The van der Waals surface area contributed by atoms with Crippen molar-refractivity contribution in [2.75, 3.05) is 0 Å². The lowest BCUT2D eigenvalue weighted by Crippen LogP contribution is -2.01. The van der Waals surface area contributed by atoms with Crippen LogP contribution in [0.2, 0.25) is 0 Å². The maximum Gasteiger partial charge on any atom is 0.193 e. The summed E-state index contributed by atoms with van der Waals surface area (Å²) in [6, 6.07) is 35.0. The van der Waals surface area contributed by atoms with Crippen LogP contribution in [0.4, 0.5) is 0 Å². The Balaban J connectivity index is 0.000000137. The number of benzene rings is 4. The lowest BCUT2D eigenvalue weighted by Gasteiger charge is -2.19. The van der Waals surface area contributed by atoms with E-state index in [4.69, 9.17) is 4.74 Å². The third-order valence-corrected chi connectivity index (χ3v) is 4.62. The van der Waals surface area contributed by atoms with Crippen molar-refractivity contribution in [3.63, 3.8) is 0 Å². The van der Waals surface area contributed by atoms with Crippen molar-refractivity contribution in [2.24, 2.45) is 0 Å². The average Bonchev–Trinajstić information content (AvgIpc) is 2.79. The van der Waals surface area contributed by atoms with Crippen LogP contribution in [0.25, 0.3) is 0 Å². The SMILES string of the molecule is O=C(c1ccccc1)c1ccccc1.c1ccc2c(c1)Cc1ccccc1O2. The van der Waals surface area contributed by atoms with Crippen LogP contribution < -0.4 is 4.74 Å². The summed E-state index contributed by atoms with van der Waals surface area (Å²) in [5.74, 6) is 2.06. The zero-order valence-electron chi connectivity index (χ0n) is 15.4. The summed E-state index contributed by atoms with van der Waals surface area (Å²) in [5.41, 5.74) is 4.01. The largest absolute Gasteiger partial charge is 0.457 e. The molecule has 0 bridgehead atoms. The molecule has 0 aliphatic carbocycles. The summed E-state index contributed by atoms with van der Waals surface area (Å²) in [7, 11) is 0. The van der Waals surface area contributed by atoms with E-state index in [1.807, 2.05) is 84.9 Å². The molecule has 0 amide bonds. The topological polar surface area (TPSA) is 26.3 Å². The molecule has 0 aromatic heterocycles. The molecule has 4 aromatic rings. The molecule has 2 nitrogen and oxygen atoms in total. The standard InChI is InChI=1S/2C13H10O/c1-3-7-12-10(5-1)9-11-6-2-4-8-13(11)14-12;14-13(11-7-3-1-4-8-11)12-9-5-2-6-10-12/h1-8H,9H2;1-10H. The van der Waals surface area contributed by atoms with Crippen LogP contribution in [0.1, 0.15) is 27.0 Å². The van der Waals surface area contributed by atoms with Crippen LogP contribution in [0.3, 0.4) is 0 Å². The van der Waals surface area contributed by atoms with Gasteiger partial charge in [-0.05, 0) is 23.3 Å². The minimum absolute atomic E-state index is 0.0752. The minimum Gasteiger partial charge on any atom is -0.457 e. The highest BCUT2D eigenvalue weighted by molar-refractivity contribution is 6.08. The van der Waals surface area contributed by atoms with Crippen LogP contribution >= 0.6 is 0 Å². The molecule has 0 N–H and O–H groups in total. The van der Waals surface area contributed by atoms with Crippen LogP contribution in [-0.2, 0) is 6.42 Å². The van der Waals surface area contributed by atoms with Crippen molar-refractivity contribution < 1.29 is 9.53 Å². The van der Waals surface area contributed by atoms with Gasteiger partial charge >= 0.3 is 0 Å². The van der Waals surface area contributed by atoms with Gasteiger partial charge in [0.2, 0.25) is 0 Å². The molecule has 28 heavy (non-hydrogen) atoms. The van der Waals surface area contributed by atoms with E-state index in [9.17, 15) is 4.79 Å². The van der Waals surface area contributed by atoms with Crippen LogP contribution in [0.15, 0.2) is 109 Å². The summed E-state index contributed by atoms with van der Waals surface area (Å²) in [6.45, 7) is 0. The van der Waals surface area contributed by atoms with Crippen molar-refractivity contribution in [3.05, 3.63) is 131 Å². The third-order valence-electron chi connectivity index (χ3n) is 4.62. The molecule has 1 aliphatic rings. The number of ether oxygens (including phenoxy) is 1. The smallest absolute Gasteiger partial charge is 0.193 e. The summed E-state index contributed by atoms with van der Waals surface area (Å²) in [6.07, 6.45) is 0.979. The molecule has 0 fully saturated rings. The number of hydrogen-bond acceptors (Lipinski definition) is 2. The van der Waals surface area contributed by atoms with E-state index in [-0.39, 0.29) is 5.78 Å². The molecule has 0 unspecified atom stereocenters. The van der Waals surface area contributed by atoms with Gasteiger partial charge in [-0.15, -0.1) is 0 Å². The number of fused-ring (bicyclic) bond motifs is 2. The van der Waals surface area contributed by atoms with Gasteiger partial charge in [0.1, 0.15) is 11.5 Å². The molecule has 1 aliphatic heterocycles. The first-order valence-corrected chi connectivity index (χ1v) is 9.30. The van der Waals surface area contributed by atoms with Gasteiger partial charge < -0.3 is 4.74 Å². The molecule has 0 atom stereocenters. The number of carbonyl (C=O) groups excluding carboxylic acids is 1. The monoisotopic (exact) mass is 364 g/mol. The molecule has 4 aromatic carbocycles. The second kappa shape index (κ2) is 8.36. The predicted molar refractivity (Wildman–Crippen MR) is 112 cm³/mol. The van der Waals surface area contributed by atoms with Crippen molar-refractivity contribution in [2.45, 2.75) is 6.42 Å². The van der Waals surface area contributed by atoms with Gasteiger partial charge in [-0.3, -0.25) is 4.79 Å². The molecule has 5 rings (SSSR count). The number of rotatable bonds is 2. The maximum absolute atomic E-state index is 11.8. The van der Waals surface area contributed by atoms with E-state index in [1.54, 1.807) is 0 Å². The molecular weight excluding hydrogens is 344 g/mol. The molecule has 1 heterocycles. The highest BCUT2D eigenvalue weighted by Gasteiger charge is 2.14. The van der Waals surface area contributed by atoms with Crippen LogP contribution in [0, 0.1) is 0 Å². The Labute approximate surface area is 165 Å². The quantitative estimate of drug-likeness (QED) is 0.344. The molecule has 0 radical (unpaired) electrons. The average molecular weight is 364 g/mol. The highest BCUT2D eigenvalue weighted by Crippen LogP contribution is 2.35. The van der Waals surface area contributed by atoms with E-state index >= 15 is 0 Å². The summed E-state index contributed by atoms with van der Waals surface area (Å²) < 4.78 is 5.78. The Kier molecular flexibility index (Phi) is 5.30. The normalized spacial score (nSPS) is 11.1. The van der Waals surface area contributed by atoms with E-state index in [0.29, 0.717) is 0 Å². The zero-order valence-corrected chi connectivity index (χ0v) is 15.4. The van der Waals surface area contributed by atoms with Crippen molar-refractivity contribution >= 4 is 5.78 Å². The maximum atomic E-state index is 11.8. The Morgan fingerprint density at radius 1 is 0.536 bits per heavy atom. The molecular formula is C26H20O2. The number of carbonyl (C=O) groups is 1. The van der Waals surface area contributed by atoms with Crippen LogP contribution in [0.5, 0.6) is 11.5 Å². The minimum atomic E-state index is 0.0752. The Bertz CT molecular complexity index is 941. The lowest BCUT2D eigenvalue weighted by atomic mass is 10.0. The van der Waals surface area contributed by atoms with Gasteiger partial charge in [-0.2, -0.15) is 0 Å². The summed E-state index contributed by atoms with van der Waals surface area (Å²) >= 11 is 0. The second-order valence-electron chi connectivity index (χ2n) is 6.56. The third kappa shape index (κ3) is 4.02. The molecule has 0 saturated carbocycles.